The number of carbonyl (C=O) groups excluding carboxylic acids is 2. The van der Waals surface area contributed by atoms with Gasteiger partial charge in [-0.25, -0.2) is 9.59 Å². The highest BCUT2D eigenvalue weighted by Gasteiger charge is 2.35. The highest BCUT2D eigenvalue weighted by atomic mass is 16.4. The van der Waals surface area contributed by atoms with Crippen LogP contribution in [0.2, 0.25) is 0 Å². The SMILES string of the molecule is CC(NC(=O)N1CCC[C@H]1C(=O)O)C(=O)NC1CC1. The quantitative estimate of drug-likeness (QED) is 0.664. The van der Waals surface area contributed by atoms with E-state index in [0.717, 1.165) is 12.8 Å². The van der Waals surface area contributed by atoms with Crippen molar-refractivity contribution < 1.29 is 19.5 Å². The maximum atomic E-state index is 11.9. The molecule has 7 nitrogen and oxygen atoms in total. The van der Waals surface area contributed by atoms with Crippen LogP contribution in [0.5, 0.6) is 0 Å². The number of hydrogen-bond donors (Lipinski definition) is 3. The minimum absolute atomic E-state index is 0.220. The van der Waals surface area contributed by atoms with Gasteiger partial charge in [-0.1, -0.05) is 0 Å². The van der Waals surface area contributed by atoms with Crippen molar-refractivity contribution in [1.82, 2.24) is 15.5 Å². The topological polar surface area (TPSA) is 98.7 Å². The van der Waals surface area contributed by atoms with Gasteiger partial charge in [0.15, 0.2) is 0 Å². The molecule has 1 unspecified atom stereocenters. The zero-order valence-corrected chi connectivity index (χ0v) is 10.9. The van der Waals surface area contributed by atoms with Crippen LogP contribution < -0.4 is 10.6 Å². The Morgan fingerprint density at radius 3 is 2.53 bits per heavy atom. The molecule has 106 valence electrons. The highest BCUT2D eigenvalue weighted by Crippen LogP contribution is 2.19. The number of aliphatic carboxylic acids is 1. The van der Waals surface area contributed by atoms with E-state index in [2.05, 4.69) is 10.6 Å². The second-order valence-electron chi connectivity index (χ2n) is 5.14. The van der Waals surface area contributed by atoms with Gasteiger partial charge in [0.25, 0.3) is 0 Å². The van der Waals surface area contributed by atoms with Crippen LogP contribution in [-0.2, 0) is 9.59 Å². The van der Waals surface area contributed by atoms with Crippen molar-refractivity contribution in [3.05, 3.63) is 0 Å². The Morgan fingerprint density at radius 2 is 1.95 bits per heavy atom. The fraction of sp³-hybridized carbons (Fsp3) is 0.750. The molecule has 3 N–H and O–H groups in total. The molecule has 1 aliphatic heterocycles. The Labute approximate surface area is 111 Å². The number of urea groups is 1. The second kappa shape index (κ2) is 5.46. The molecule has 7 heteroatoms. The maximum Gasteiger partial charge on any atom is 0.326 e. The van der Waals surface area contributed by atoms with Crippen LogP contribution in [0.1, 0.15) is 32.6 Å². The van der Waals surface area contributed by atoms with E-state index in [1.807, 2.05) is 0 Å². The summed E-state index contributed by atoms with van der Waals surface area (Å²) in [5, 5.41) is 14.3. The van der Waals surface area contributed by atoms with Gasteiger partial charge in [-0.2, -0.15) is 0 Å². The Kier molecular flexibility index (Phi) is 3.92. The van der Waals surface area contributed by atoms with Gasteiger partial charge in [-0.3, -0.25) is 4.79 Å². The summed E-state index contributed by atoms with van der Waals surface area (Å²) in [5.74, 6) is -1.22. The molecule has 19 heavy (non-hydrogen) atoms. The number of rotatable bonds is 4. The lowest BCUT2D eigenvalue weighted by atomic mass is 10.2. The van der Waals surface area contributed by atoms with Crippen molar-refractivity contribution in [2.45, 2.75) is 50.7 Å². The van der Waals surface area contributed by atoms with E-state index in [1.54, 1.807) is 6.92 Å². The second-order valence-corrected chi connectivity index (χ2v) is 5.14. The largest absolute Gasteiger partial charge is 0.480 e. The van der Waals surface area contributed by atoms with Crippen molar-refractivity contribution in [1.29, 1.82) is 0 Å². The van der Waals surface area contributed by atoms with Crippen LogP contribution in [0.3, 0.4) is 0 Å². The third-order valence-corrected chi connectivity index (χ3v) is 3.46. The standard InChI is InChI=1S/C12H19N3O4/c1-7(10(16)14-8-4-5-8)13-12(19)15-6-2-3-9(15)11(17)18/h7-9H,2-6H2,1H3,(H,13,19)(H,14,16)(H,17,18)/t7?,9-/m0/s1. The lowest BCUT2D eigenvalue weighted by Crippen LogP contribution is -2.52. The lowest BCUT2D eigenvalue weighted by Gasteiger charge is -2.24. The van der Waals surface area contributed by atoms with E-state index in [1.165, 1.54) is 4.90 Å². The first kappa shape index (κ1) is 13.6. The first-order valence-electron chi connectivity index (χ1n) is 6.59. The van der Waals surface area contributed by atoms with Crippen LogP contribution in [0.4, 0.5) is 4.79 Å². The molecule has 0 aromatic rings. The molecule has 0 radical (unpaired) electrons. The molecule has 0 aromatic heterocycles. The van der Waals surface area contributed by atoms with Gasteiger partial charge < -0.3 is 20.6 Å². The molecule has 1 aliphatic carbocycles. The Bertz CT molecular complexity index is 394. The van der Waals surface area contributed by atoms with E-state index in [4.69, 9.17) is 5.11 Å². The highest BCUT2D eigenvalue weighted by molar-refractivity contribution is 5.89. The van der Waals surface area contributed by atoms with Crippen molar-refractivity contribution in [3.8, 4) is 0 Å². The average molecular weight is 269 g/mol. The summed E-state index contributed by atoms with van der Waals surface area (Å²) < 4.78 is 0. The number of likely N-dealkylation sites (tertiary alicyclic amines) is 1. The molecule has 1 heterocycles. The number of nitrogens with one attached hydrogen (secondary N) is 2. The number of nitrogens with zero attached hydrogens (tertiary/aromatic N) is 1. The van der Waals surface area contributed by atoms with Crippen molar-refractivity contribution >= 4 is 17.9 Å². The molecule has 0 aromatic carbocycles. The third-order valence-electron chi connectivity index (χ3n) is 3.46. The first-order chi connectivity index (χ1) is 8.99. The number of amides is 3. The molecule has 1 saturated carbocycles. The van der Waals surface area contributed by atoms with Crippen LogP contribution in [0.15, 0.2) is 0 Å². The summed E-state index contributed by atoms with van der Waals surface area (Å²) in [4.78, 5) is 35.9. The van der Waals surface area contributed by atoms with Gasteiger partial charge in [0.05, 0.1) is 0 Å². The zero-order valence-electron chi connectivity index (χ0n) is 10.9. The summed E-state index contributed by atoms with van der Waals surface area (Å²) in [6, 6.07) is -1.67. The monoisotopic (exact) mass is 269 g/mol. The Hall–Kier alpha value is -1.79. The predicted molar refractivity (Wildman–Crippen MR) is 66.5 cm³/mol. The third kappa shape index (κ3) is 3.36. The summed E-state index contributed by atoms with van der Waals surface area (Å²) in [6.07, 6.45) is 3.11. The molecule has 3 amide bonds. The average Bonchev–Trinajstić information content (AvgIpc) is 3.01. The molecular formula is C12H19N3O4. The number of carboxylic acids is 1. The van der Waals surface area contributed by atoms with Crippen LogP contribution in [0.25, 0.3) is 0 Å². The van der Waals surface area contributed by atoms with Gasteiger partial charge in [0.1, 0.15) is 12.1 Å². The first-order valence-corrected chi connectivity index (χ1v) is 6.59. The number of hydrogen-bond acceptors (Lipinski definition) is 3. The predicted octanol–water partition coefficient (Wildman–Crippen LogP) is -0.0879. The number of carboxylic acid groups (broad SMARTS) is 1. The van der Waals surface area contributed by atoms with Crippen molar-refractivity contribution in [3.63, 3.8) is 0 Å². The van der Waals surface area contributed by atoms with Gasteiger partial charge in [0.2, 0.25) is 5.91 Å². The minimum Gasteiger partial charge on any atom is -0.480 e. The Morgan fingerprint density at radius 1 is 1.26 bits per heavy atom. The minimum atomic E-state index is -0.997. The van der Waals surface area contributed by atoms with Crippen LogP contribution >= 0.6 is 0 Å². The molecule has 2 rings (SSSR count). The van der Waals surface area contributed by atoms with E-state index in [-0.39, 0.29) is 11.9 Å². The van der Waals surface area contributed by atoms with Crippen LogP contribution in [-0.4, -0.2) is 52.6 Å². The zero-order chi connectivity index (χ0) is 14.0. The smallest absolute Gasteiger partial charge is 0.326 e. The molecule has 2 atom stereocenters. The fourth-order valence-corrected chi connectivity index (χ4v) is 2.15. The molecule has 0 spiro atoms. The summed E-state index contributed by atoms with van der Waals surface area (Å²) in [5.41, 5.74) is 0. The van der Waals surface area contributed by atoms with Gasteiger partial charge in [-0.05, 0) is 32.6 Å². The molecule has 2 aliphatic rings. The Balaban J connectivity index is 1.85. The van der Waals surface area contributed by atoms with Gasteiger partial charge in [0, 0.05) is 12.6 Å². The fourth-order valence-electron chi connectivity index (χ4n) is 2.15. The van der Waals surface area contributed by atoms with E-state index in [9.17, 15) is 14.4 Å². The summed E-state index contributed by atoms with van der Waals surface area (Å²) >= 11 is 0. The molecular weight excluding hydrogens is 250 g/mol. The van der Waals surface area contributed by atoms with E-state index < -0.39 is 24.1 Å². The van der Waals surface area contributed by atoms with Gasteiger partial charge in [-0.15, -0.1) is 0 Å². The number of carbonyl (C=O) groups is 3. The van der Waals surface area contributed by atoms with Crippen LogP contribution in [0, 0.1) is 0 Å². The van der Waals surface area contributed by atoms with E-state index in [0.29, 0.717) is 19.4 Å². The van der Waals surface area contributed by atoms with Crippen molar-refractivity contribution in [2.24, 2.45) is 0 Å². The van der Waals surface area contributed by atoms with Gasteiger partial charge >= 0.3 is 12.0 Å². The van der Waals surface area contributed by atoms with E-state index >= 15 is 0 Å². The lowest BCUT2D eigenvalue weighted by molar-refractivity contribution is -0.141. The summed E-state index contributed by atoms with van der Waals surface area (Å²) in [7, 11) is 0. The normalized spacial score (nSPS) is 23.8. The van der Waals surface area contributed by atoms with Crippen molar-refractivity contribution in [2.75, 3.05) is 6.54 Å². The summed E-state index contributed by atoms with van der Waals surface area (Å²) in [6.45, 7) is 2.02. The maximum absolute atomic E-state index is 11.9. The molecule has 0 bridgehead atoms. The molecule has 2 fully saturated rings. The molecule has 1 saturated heterocycles.